The molecule has 0 aliphatic heterocycles. The Labute approximate surface area is 153 Å². The molecule has 134 valence electrons. The zero-order chi connectivity index (χ0) is 18.4. The summed E-state index contributed by atoms with van der Waals surface area (Å²) < 4.78 is 32.7. The number of sulfonamides is 1. The number of ether oxygens (including phenoxy) is 1. The fourth-order valence-electron chi connectivity index (χ4n) is 2.05. The van der Waals surface area contributed by atoms with Crippen LogP contribution in [0.1, 0.15) is 26.7 Å². The molecule has 0 bridgehead atoms. The summed E-state index contributed by atoms with van der Waals surface area (Å²) in [5.41, 5.74) is 0.158. The van der Waals surface area contributed by atoms with Gasteiger partial charge in [-0.3, -0.25) is 9.52 Å². The van der Waals surface area contributed by atoms with Crippen molar-refractivity contribution in [1.82, 2.24) is 0 Å². The Kier molecular flexibility index (Phi) is 6.45. The average Bonchev–Trinajstić information content (AvgIpc) is 2.56. The number of benzene rings is 2. The Bertz CT molecular complexity index is 835. The Balaban J connectivity index is 2.22. The van der Waals surface area contributed by atoms with E-state index in [0.717, 1.165) is 0 Å². The van der Waals surface area contributed by atoms with Crippen LogP contribution in [-0.2, 0) is 14.8 Å². The van der Waals surface area contributed by atoms with Crippen molar-refractivity contribution in [2.45, 2.75) is 31.6 Å². The maximum absolute atomic E-state index is 12.5. The zero-order valence-electron chi connectivity index (χ0n) is 14.0. The Morgan fingerprint density at radius 3 is 2.48 bits per heavy atom. The van der Waals surface area contributed by atoms with Gasteiger partial charge in [0.05, 0.1) is 10.6 Å². The average molecular weight is 382 g/mol. The molecule has 0 spiro atoms. The fourth-order valence-corrected chi connectivity index (χ4v) is 3.30. The number of carbonyl (C=O) groups excluding carboxylic acids is 1. The molecule has 25 heavy (non-hydrogen) atoms. The summed E-state index contributed by atoms with van der Waals surface area (Å²) in [6, 6.07) is 12.3. The minimum atomic E-state index is -3.79. The van der Waals surface area contributed by atoms with Gasteiger partial charge in [0.15, 0.2) is 5.75 Å². The van der Waals surface area contributed by atoms with E-state index < -0.39 is 16.0 Å². The molecular weight excluding hydrogens is 362 g/mol. The highest BCUT2D eigenvalue weighted by molar-refractivity contribution is 7.92. The van der Waals surface area contributed by atoms with Crippen LogP contribution < -0.4 is 9.46 Å². The van der Waals surface area contributed by atoms with Gasteiger partial charge in [0.1, 0.15) is 0 Å². The molecule has 2 aromatic carbocycles. The van der Waals surface area contributed by atoms with Crippen LogP contribution in [-0.4, -0.2) is 14.4 Å². The number of esters is 1. The summed E-state index contributed by atoms with van der Waals surface area (Å²) in [7, 11) is -3.79. The minimum Gasteiger partial charge on any atom is -0.424 e. The van der Waals surface area contributed by atoms with Crippen molar-refractivity contribution in [3.05, 3.63) is 53.6 Å². The van der Waals surface area contributed by atoms with Crippen LogP contribution in [0.3, 0.4) is 0 Å². The molecular formula is C18H20ClNO4S. The molecule has 0 amide bonds. The van der Waals surface area contributed by atoms with Crippen LogP contribution in [0.2, 0.25) is 5.02 Å². The quantitative estimate of drug-likeness (QED) is 0.566. The van der Waals surface area contributed by atoms with Gasteiger partial charge in [0.2, 0.25) is 0 Å². The first kappa shape index (κ1) is 19.3. The Hall–Kier alpha value is -2.05. The molecule has 0 unspecified atom stereocenters. The first-order valence-electron chi connectivity index (χ1n) is 7.86. The van der Waals surface area contributed by atoms with Crippen molar-refractivity contribution >= 4 is 33.3 Å². The third-order valence-electron chi connectivity index (χ3n) is 3.39. The van der Waals surface area contributed by atoms with Gasteiger partial charge in [-0.2, -0.15) is 0 Å². The maximum Gasteiger partial charge on any atom is 0.311 e. The molecule has 1 N–H and O–H groups in total. The molecule has 0 saturated carbocycles. The highest BCUT2D eigenvalue weighted by Crippen LogP contribution is 2.30. The number of halogens is 1. The van der Waals surface area contributed by atoms with E-state index in [9.17, 15) is 13.2 Å². The monoisotopic (exact) mass is 381 g/mol. The van der Waals surface area contributed by atoms with Gasteiger partial charge in [0, 0.05) is 17.5 Å². The SMILES string of the molecule is CC(C)CCC(=O)Oc1cc(Cl)ccc1NS(=O)(=O)c1ccccc1. The second-order valence-electron chi connectivity index (χ2n) is 5.97. The van der Waals surface area contributed by atoms with E-state index >= 15 is 0 Å². The van der Waals surface area contributed by atoms with Crippen molar-refractivity contribution in [2.24, 2.45) is 5.92 Å². The van der Waals surface area contributed by atoms with Gasteiger partial charge >= 0.3 is 5.97 Å². The molecule has 0 radical (unpaired) electrons. The number of hydrogen-bond donors (Lipinski definition) is 1. The number of nitrogens with one attached hydrogen (secondary N) is 1. The molecule has 2 aromatic rings. The molecule has 0 aromatic heterocycles. The summed E-state index contributed by atoms with van der Waals surface area (Å²) in [5.74, 6) is 0.0138. The molecule has 0 aliphatic carbocycles. The van der Waals surface area contributed by atoms with E-state index in [4.69, 9.17) is 16.3 Å². The van der Waals surface area contributed by atoms with Crippen LogP contribution in [0.5, 0.6) is 5.75 Å². The van der Waals surface area contributed by atoms with Gasteiger partial charge < -0.3 is 4.74 Å². The third-order valence-corrected chi connectivity index (χ3v) is 5.01. The van der Waals surface area contributed by atoms with Crippen LogP contribution >= 0.6 is 11.6 Å². The van der Waals surface area contributed by atoms with Crippen LogP contribution in [0.15, 0.2) is 53.4 Å². The van der Waals surface area contributed by atoms with E-state index in [1.165, 1.54) is 30.3 Å². The summed E-state index contributed by atoms with van der Waals surface area (Å²) in [6.07, 6.45) is 0.930. The van der Waals surface area contributed by atoms with Gasteiger partial charge in [-0.05, 0) is 36.6 Å². The Morgan fingerprint density at radius 2 is 1.84 bits per heavy atom. The summed E-state index contributed by atoms with van der Waals surface area (Å²) >= 11 is 5.95. The van der Waals surface area contributed by atoms with E-state index in [-0.39, 0.29) is 22.8 Å². The van der Waals surface area contributed by atoms with Gasteiger partial charge in [-0.25, -0.2) is 8.42 Å². The molecule has 0 fully saturated rings. The summed E-state index contributed by atoms with van der Waals surface area (Å²) in [5, 5.41) is 0.342. The van der Waals surface area contributed by atoms with Crippen molar-refractivity contribution in [3.63, 3.8) is 0 Å². The molecule has 0 heterocycles. The lowest BCUT2D eigenvalue weighted by Crippen LogP contribution is -2.15. The topological polar surface area (TPSA) is 72.5 Å². The van der Waals surface area contributed by atoms with Crippen LogP contribution in [0, 0.1) is 5.92 Å². The largest absolute Gasteiger partial charge is 0.424 e. The number of rotatable bonds is 7. The van der Waals surface area contributed by atoms with E-state index in [2.05, 4.69) is 4.72 Å². The smallest absolute Gasteiger partial charge is 0.311 e. The standard InChI is InChI=1S/C18H20ClNO4S/c1-13(2)8-11-18(21)24-17-12-14(19)9-10-16(17)20-25(22,23)15-6-4-3-5-7-15/h3-7,9-10,12-13,20H,8,11H2,1-2H3. The molecule has 2 rings (SSSR count). The predicted octanol–water partition coefficient (Wildman–Crippen LogP) is 4.48. The molecule has 7 heteroatoms. The van der Waals surface area contributed by atoms with Crippen molar-refractivity contribution < 1.29 is 17.9 Å². The van der Waals surface area contributed by atoms with Crippen molar-refractivity contribution in [2.75, 3.05) is 4.72 Å². The van der Waals surface area contributed by atoms with E-state index in [0.29, 0.717) is 17.4 Å². The zero-order valence-corrected chi connectivity index (χ0v) is 15.6. The fraction of sp³-hybridized carbons (Fsp3) is 0.278. The van der Waals surface area contributed by atoms with Crippen LogP contribution in [0.4, 0.5) is 5.69 Å². The minimum absolute atomic E-state index is 0.0840. The highest BCUT2D eigenvalue weighted by atomic mass is 35.5. The van der Waals surface area contributed by atoms with E-state index in [1.54, 1.807) is 18.2 Å². The van der Waals surface area contributed by atoms with Crippen molar-refractivity contribution in [3.8, 4) is 5.75 Å². The normalized spacial score (nSPS) is 11.4. The second kappa shape index (κ2) is 8.36. The van der Waals surface area contributed by atoms with Crippen LogP contribution in [0.25, 0.3) is 0 Å². The number of hydrogen-bond acceptors (Lipinski definition) is 4. The molecule has 0 aliphatic rings. The van der Waals surface area contributed by atoms with Gasteiger partial charge in [0.25, 0.3) is 10.0 Å². The second-order valence-corrected chi connectivity index (χ2v) is 8.08. The van der Waals surface area contributed by atoms with Gasteiger partial charge in [-0.15, -0.1) is 0 Å². The maximum atomic E-state index is 12.5. The lowest BCUT2D eigenvalue weighted by Gasteiger charge is -2.13. The summed E-state index contributed by atoms with van der Waals surface area (Å²) in [6.45, 7) is 4.01. The van der Waals surface area contributed by atoms with Crippen molar-refractivity contribution in [1.29, 1.82) is 0 Å². The lowest BCUT2D eigenvalue weighted by atomic mass is 10.1. The number of anilines is 1. The van der Waals surface area contributed by atoms with E-state index in [1.807, 2.05) is 13.8 Å². The lowest BCUT2D eigenvalue weighted by molar-refractivity contribution is -0.134. The third kappa shape index (κ3) is 5.76. The first-order chi connectivity index (χ1) is 11.8. The molecule has 5 nitrogen and oxygen atoms in total. The highest BCUT2D eigenvalue weighted by Gasteiger charge is 2.18. The summed E-state index contributed by atoms with van der Waals surface area (Å²) in [4.78, 5) is 12.1. The number of carbonyl (C=O) groups is 1. The molecule has 0 atom stereocenters. The first-order valence-corrected chi connectivity index (χ1v) is 9.72. The molecule has 0 saturated heterocycles. The van der Waals surface area contributed by atoms with Gasteiger partial charge in [-0.1, -0.05) is 43.6 Å². The Morgan fingerprint density at radius 1 is 1.16 bits per heavy atom. The predicted molar refractivity (Wildman–Crippen MR) is 98.4 cm³/mol.